The topological polar surface area (TPSA) is 55.6 Å². The van der Waals surface area contributed by atoms with Crippen molar-refractivity contribution in [2.45, 2.75) is 19.8 Å². The second-order valence-electron chi connectivity index (χ2n) is 5.06. The lowest BCUT2D eigenvalue weighted by Gasteiger charge is -2.38. The minimum absolute atomic E-state index is 0.158. The van der Waals surface area contributed by atoms with Crippen LogP contribution in [-0.2, 0) is 9.53 Å². The normalized spacial score (nSPS) is 17.2. The molecular formula is C15H19FN2O2S. The number of rotatable bonds is 4. The molecule has 1 aliphatic rings. The molecule has 0 radical (unpaired) electrons. The number of benzene rings is 1. The maximum atomic E-state index is 14.0. The number of thiocarbonyl (C=S) groups is 1. The standard InChI is InChI=1S/C15H19FN2O2S/c1-2-18(12-6-4-3-5-11(12)16)14(19)15(13(17)21)7-9-20-10-8-15/h3-6H,2,7-10H2,1H3,(H2,17,21). The van der Waals surface area contributed by atoms with Crippen LogP contribution in [0.4, 0.5) is 10.1 Å². The van der Waals surface area contributed by atoms with Gasteiger partial charge in [-0.05, 0) is 31.9 Å². The molecule has 1 aromatic carbocycles. The second-order valence-corrected chi connectivity index (χ2v) is 5.50. The van der Waals surface area contributed by atoms with E-state index < -0.39 is 11.2 Å². The Bertz CT molecular complexity index is 544. The highest BCUT2D eigenvalue weighted by Gasteiger charge is 2.45. The van der Waals surface area contributed by atoms with E-state index in [0.29, 0.717) is 32.6 Å². The predicted molar refractivity (Wildman–Crippen MR) is 83.7 cm³/mol. The van der Waals surface area contributed by atoms with Gasteiger partial charge in [0.1, 0.15) is 11.2 Å². The lowest BCUT2D eigenvalue weighted by molar-refractivity contribution is -0.128. The number of nitrogens with two attached hydrogens (primary N) is 1. The fourth-order valence-electron chi connectivity index (χ4n) is 2.64. The van der Waals surface area contributed by atoms with Crippen molar-refractivity contribution in [3.63, 3.8) is 0 Å². The monoisotopic (exact) mass is 310 g/mol. The zero-order valence-electron chi connectivity index (χ0n) is 12.0. The Kier molecular flexibility index (Phi) is 4.90. The third-order valence-electron chi connectivity index (χ3n) is 3.93. The lowest BCUT2D eigenvalue weighted by atomic mass is 9.78. The number of ether oxygens (including phenoxy) is 1. The largest absolute Gasteiger partial charge is 0.392 e. The molecule has 0 atom stereocenters. The SMILES string of the molecule is CCN(C(=O)C1(C(N)=S)CCOCC1)c1ccccc1F. The highest BCUT2D eigenvalue weighted by Crippen LogP contribution is 2.35. The second kappa shape index (κ2) is 6.49. The van der Waals surface area contributed by atoms with Crippen molar-refractivity contribution in [2.75, 3.05) is 24.7 Å². The summed E-state index contributed by atoms with van der Waals surface area (Å²) in [6.07, 6.45) is 0.873. The van der Waals surface area contributed by atoms with Gasteiger partial charge < -0.3 is 15.4 Å². The number of nitrogens with zero attached hydrogens (tertiary/aromatic N) is 1. The fourth-order valence-corrected chi connectivity index (χ4v) is 2.93. The van der Waals surface area contributed by atoms with E-state index in [-0.39, 0.29) is 16.6 Å². The van der Waals surface area contributed by atoms with Crippen molar-refractivity contribution < 1.29 is 13.9 Å². The zero-order chi connectivity index (χ0) is 15.5. The molecule has 1 amide bonds. The lowest BCUT2D eigenvalue weighted by Crippen LogP contribution is -2.53. The maximum absolute atomic E-state index is 14.0. The molecule has 1 saturated heterocycles. The molecule has 1 fully saturated rings. The van der Waals surface area contributed by atoms with Crippen LogP contribution in [0.1, 0.15) is 19.8 Å². The first-order valence-corrected chi connectivity index (χ1v) is 7.38. The Balaban J connectivity index is 2.39. The molecule has 0 aromatic heterocycles. The van der Waals surface area contributed by atoms with Crippen LogP contribution in [-0.4, -0.2) is 30.7 Å². The summed E-state index contributed by atoms with van der Waals surface area (Å²) in [4.78, 5) is 14.6. The van der Waals surface area contributed by atoms with Crippen LogP contribution in [0, 0.1) is 11.2 Å². The molecule has 0 unspecified atom stereocenters. The molecule has 114 valence electrons. The number of hydrogen-bond acceptors (Lipinski definition) is 3. The van der Waals surface area contributed by atoms with Crippen LogP contribution in [0.3, 0.4) is 0 Å². The van der Waals surface area contributed by atoms with Gasteiger partial charge in [-0.25, -0.2) is 4.39 Å². The van der Waals surface area contributed by atoms with E-state index in [9.17, 15) is 9.18 Å². The average molecular weight is 310 g/mol. The van der Waals surface area contributed by atoms with Crippen molar-refractivity contribution in [2.24, 2.45) is 11.1 Å². The summed E-state index contributed by atoms with van der Waals surface area (Å²) in [5.74, 6) is -0.677. The van der Waals surface area contributed by atoms with Crippen molar-refractivity contribution in [3.05, 3.63) is 30.1 Å². The Labute approximate surface area is 129 Å². The van der Waals surface area contributed by atoms with Gasteiger partial charge in [0.25, 0.3) is 0 Å². The van der Waals surface area contributed by atoms with Crippen LogP contribution < -0.4 is 10.6 Å². The molecule has 0 aliphatic carbocycles. The molecule has 0 bridgehead atoms. The number of anilines is 1. The van der Waals surface area contributed by atoms with Crippen molar-refractivity contribution in [3.8, 4) is 0 Å². The number of carbonyl (C=O) groups excluding carboxylic acids is 1. The van der Waals surface area contributed by atoms with E-state index >= 15 is 0 Å². The third-order valence-corrected chi connectivity index (χ3v) is 4.32. The van der Waals surface area contributed by atoms with Crippen LogP contribution in [0.25, 0.3) is 0 Å². The first-order chi connectivity index (χ1) is 10.0. The Hall–Kier alpha value is -1.53. The van der Waals surface area contributed by atoms with Crippen LogP contribution in [0.15, 0.2) is 24.3 Å². The predicted octanol–water partition coefficient (Wildman–Crippen LogP) is 2.26. The summed E-state index contributed by atoms with van der Waals surface area (Å²) >= 11 is 5.13. The molecular weight excluding hydrogens is 291 g/mol. The van der Waals surface area contributed by atoms with Crippen molar-refractivity contribution >= 4 is 28.8 Å². The van der Waals surface area contributed by atoms with Crippen molar-refractivity contribution in [1.82, 2.24) is 0 Å². The smallest absolute Gasteiger partial charge is 0.240 e. The Morgan fingerprint density at radius 3 is 2.57 bits per heavy atom. The highest BCUT2D eigenvalue weighted by atomic mass is 32.1. The zero-order valence-corrected chi connectivity index (χ0v) is 12.8. The van der Waals surface area contributed by atoms with Gasteiger partial charge in [-0.2, -0.15) is 0 Å². The van der Waals surface area contributed by atoms with Gasteiger partial charge in [-0.3, -0.25) is 4.79 Å². The first kappa shape index (κ1) is 15.9. The molecule has 21 heavy (non-hydrogen) atoms. The van der Waals surface area contributed by atoms with Crippen LogP contribution >= 0.6 is 12.2 Å². The molecule has 1 heterocycles. The minimum Gasteiger partial charge on any atom is -0.392 e. The average Bonchev–Trinajstić information content (AvgIpc) is 2.50. The fraction of sp³-hybridized carbons (Fsp3) is 0.467. The van der Waals surface area contributed by atoms with Gasteiger partial charge in [0.15, 0.2) is 0 Å². The third kappa shape index (κ3) is 2.91. The van der Waals surface area contributed by atoms with E-state index in [1.54, 1.807) is 25.1 Å². The van der Waals surface area contributed by atoms with Gasteiger partial charge in [-0.1, -0.05) is 24.4 Å². The molecule has 1 aromatic rings. The number of hydrogen-bond donors (Lipinski definition) is 1. The molecule has 1 aliphatic heterocycles. The summed E-state index contributed by atoms with van der Waals surface area (Å²) in [6.45, 7) is 3.01. The molecule has 0 spiro atoms. The quantitative estimate of drug-likeness (QED) is 0.867. The molecule has 2 rings (SSSR count). The van der Waals surface area contributed by atoms with Gasteiger partial charge >= 0.3 is 0 Å². The van der Waals surface area contributed by atoms with Gasteiger partial charge in [0.05, 0.1) is 10.7 Å². The Morgan fingerprint density at radius 2 is 2.05 bits per heavy atom. The maximum Gasteiger partial charge on any atom is 0.240 e. The van der Waals surface area contributed by atoms with E-state index in [0.717, 1.165) is 0 Å². The van der Waals surface area contributed by atoms with Crippen LogP contribution in [0.5, 0.6) is 0 Å². The van der Waals surface area contributed by atoms with Gasteiger partial charge in [0.2, 0.25) is 5.91 Å². The van der Waals surface area contributed by atoms with Crippen LogP contribution in [0.2, 0.25) is 0 Å². The molecule has 0 saturated carbocycles. The minimum atomic E-state index is -0.939. The number of carbonyl (C=O) groups is 1. The Morgan fingerprint density at radius 1 is 1.43 bits per heavy atom. The number of para-hydroxylation sites is 1. The van der Waals surface area contributed by atoms with Crippen molar-refractivity contribution in [1.29, 1.82) is 0 Å². The molecule has 4 nitrogen and oxygen atoms in total. The summed E-state index contributed by atoms with van der Waals surface area (Å²) in [5.41, 5.74) is 5.16. The van der Waals surface area contributed by atoms with E-state index in [1.807, 2.05) is 0 Å². The summed E-state index contributed by atoms with van der Waals surface area (Å²) in [6, 6.07) is 6.22. The van der Waals surface area contributed by atoms with E-state index in [1.165, 1.54) is 11.0 Å². The number of amides is 1. The molecule has 6 heteroatoms. The summed E-state index contributed by atoms with van der Waals surface area (Å²) in [7, 11) is 0. The highest BCUT2D eigenvalue weighted by molar-refractivity contribution is 7.80. The summed E-state index contributed by atoms with van der Waals surface area (Å²) < 4.78 is 19.3. The van der Waals surface area contributed by atoms with Gasteiger partial charge in [-0.15, -0.1) is 0 Å². The van der Waals surface area contributed by atoms with E-state index in [2.05, 4.69) is 0 Å². The first-order valence-electron chi connectivity index (χ1n) is 6.97. The van der Waals surface area contributed by atoms with E-state index in [4.69, 9.17) is 22.7 Å². The number of halogens is 1. The molecule has 2 N–H and O–H groups in total. The van der Waals surface area contributed by atoms with Gasteiger partial charge in [0, 0.05) is 19.8 Å². The summed E-state index contributed by atoms with van der Waals surface area (Å²) in [5, 5.41) is 0.